The minimum atomic E-state index is -0.505. The molecule has 0 spiro atoms. The summed E-state index contributed by atoms with van der Waals surface area (Å²) in [5, 5.41) is 12.0. The molecular weight excluding hydrogens is 271 g/mol. The molecule has 0 heterocycles. The SMILES string of the molecule is COc1cc([O])c(C(=O)c2ccc(F)cc2)cc1Cl. The van der Waals surface area contributed by atoms with Gasteiger partial charge in [-0.2, -0.15) is 0 Å². The zero-order valence-electron chi connectivity index (χ0n) is 9.94. The largest absolute Gasteiger partial charge is 0.495 e. The van der Waals surface area contributed by atoms with Gasteiger partial charge in [0.25, 0.3) is 0 Å². The molecule has 0 N–H and O–H groups in total. The molecule has 0 saturated carbocycles. The minimum Gasteiger partial charge on any atom is -0.495 e. The maximum atomic E-state index is 12.8. The van der Waals surface area contributed by atoms with Crippen molar-refractivity contribution in [2.24, 2.45) is 0 Å². The Kier molecular flexibility index (Phi) is 3.71. The van der Waals surface area contributed by atoms with Gasteiger partial charge in [-0.3, -0.25) is 9.90 Å². The molecule has 0 saturated heterocycles. The smallest absolute Gasteiger partial charge is 0.197 e. The Hall–Kier alpha value is -2.07. The zero-order chi connectivity index (χ0) is 14.0. The Morgan fingerprint density at radius 1 is 1.21 bits per heavy atom. The molecule has 97 valence electrons. The van der Waals surface area contributed by atoms with Gasteiger partial charge < -0.3 is 4.74 Å². The molecule has 0 aliphatic heterocycles. The number of benzene rings is 2. The highest BCUT2D eigenvalue weighted by Crippen LogP contribution is 2.33. The van der Waals surface area contributed by atoms with E-state index in [4.69, 9.17) is 16.3 Å². The van der Waals surface area contributed by atoms with E-state index in [1.54, 1.807) is 0 Å². The van der Waals surface area contributed by atoms with Gasteiger partial charge in [-0.15, -0.1) is 0 Å². The lowest BCUT2D eigenvalue weighted by molar-refractivity contribution is 0.103. The predicted molar refractivity (Wildman–Crippen MR) is 68.0 cm³/mol. The van der Waals surface area contributed by atoms with E-state index >= 15 is 0 Å². The lowest BCUT2D eigenvalue weighted by Crippen LogP contribution is -2.02. The van der Waals surface area contributed by atoms with Crippen molar-refractivity contribution < 1.29 is 19.0 Å². The normalized spacial score (nSPS) is 10.3. The van der Waals surface area contributed by atoms with Crippen molar-refractivity contribution in [1.82, 2.24) is 0 Å². The molecule has 0 aliphatic carbocycles. The van der Waals surface area contributed by atoms with Gasteiger partial charge in [0.15, 0.2) is 11.5 Å². The van der Waals surface area contributed by atoms with Gasteiger partial charge in [0.1, 0.15) is 11.6 Å². The van der Waals surface area contributed by atoms with Gasteiger partial charge in [0.2, 0.25) is 0 Å². The average Bonchev–Trinajstić information content (AvgIpc) is 2.41. The molecule has 0 atom stereocenters. The number of carbonyl (C=O) groups excluding carboxylic acids is 1. The maximum absolute atomic E-state index is 12.8. The molecule has 0 aliphatic rings. The van der Waals surface area contributed by atoms with E-state index in [0.717, 1.165) is 18.2 Å². The van der Waals surface area contributed by atoms with Gasteiger partial charge >= 0.3 is 0 Å². The minimum absolute atomic E-state index is 0.0718. The second-order valence-electron chi connectivity index (χ2n) is 3.82. The van der Waals surface area contributed by atoms with E-state index in [2.05, 4.69) is 0 Å². The third-order valence-corrected chi connectivity index (χ3v) is 2.90. The molecule has 0 fully saturated rings. The molecule has 2 aromatic carbocycles. The zero-order valence-corrected chi connectivity index (χ0v) is 10.7. The first-order valence-corrected chi connectivity index (χ1v) is 5.75. The van der Waals surface area contributed by atoms with Crippen LogP contribution in [0.2, 0.25) is 5.02 Å². The Morgan fingerprint density at radius 3 is 2.42 bits per heavy atom. The van der Waals surface area contributed by atoms with Crippen molar-refractivity contribution in [2.45, 2.75) is 0 Å². The van der Waals surface area contributed by atoms with Crippen molar-refractivity contribution in [3.05, 3.63) is 58.4 Å². The molecule has 0 unspecified atom stereocenters. The number of hydrogen-bond donors (Lipinski definition) is 0. The molecular formula is C14H9ClFO3. The van der Waals surface area contributed by atoms with Gasteiger partial charge in [-0.05, 0) is 30.3 Å². The summed E-state index contributed by atoms with van der Waals surface area (Å²) in [6.45, 7) is 0. The molecule has 2 aromatic rings. The van der Waals surface area contributed by atoms with Crippen LogP contribution < -0.4 is 4.74 Å². The monoisotopic (exact) mass is 279 g/mol. The fourth-order valence-electron chi connectivity index (χ4n) is 1.63. The molecule has 19 heavy (non-hydrogen) atoms. The van der Waals surface area contributed by atoms with E-state index in [-0.39, 0.29) is 21.9 Å². The maximum Gasteiger partial charge on any atom is 0.197 e. The second-order valence-corrected chi connectivity index (χ2v) is 4.23. The fourth-order valence-corrected chi connectivity index (χ4v) is 1.87. The van der Waals surface area contributed by atoms with Crippen LogP contribution in [-0.2, 0) is 5.11 Å². The summed E-state index contributed by atoms with van der Waals surface area (Å²) in [5.74, 6) is -1.24. The van der Waals surface area contributed by atoms with Gasteiger partial charge in [-0.1, -0.05) is 11.6 Å². The number of halogens is 2. The van der Waals surface area contributed by atoms with Crippen molar-refractivity contribution in [2.75, 3.05) is 7.11 Å². The first kappa shape index (κ1) is 13.4. The summed E-state index contributed by atoms with van der Waals surface area (Å²) in [6.07, 6.45) is 0. The van der Waals surface area contributed by atoms with Crippen LogP contribution in [0.25, 0.3) is 0 Å². The Balaban J connectivity index is 2.44. The number of rotatable bonds is 3. The summed E-state index contributed by atoms with van der Waals surface area (Å²) < 4.78 is 17.7. The average molecular weight is 280 g/mol. The number of methoxy groups -OCH3 is 1. The summed E-state index contributed by atoms with van der Waals surface area (Å²) in [4.78, 5) is 12.1. The van der Waals surface area contributed by atoms with E-state index in [1.807, 2.05) is 0 Å². The van der Waals surface area contributed by atoms with Gasteiger partial charge in [0, 0.05) is 11.6 Å². The number of ketones is 1. The molecule has 1 radical (unpaired) electrons. The summed E-state index contributed by atoms with van der Waals surface area (Å²) in [6, 6.07) is 7.35. The van der Waals surface area contributed by atoms with Gasteiger partial charge in [0.05, 0.1) is 17.7 Å². The van der Waals surface area contributed by atoms with Crippen LogP contribution in [-0.4, -0.2) is 12.9 Å². The Labute approximate surface area is 114 Å². The summed E-state index contributed by atoms with van der Waals surface area (Å²) >= 11 is 5.88. The van der Waals surface area contributed by atoms with E-state index in [9.17, 15) is 14.3 Å². The molecule has 2 rings (SSSR count). The molecule has 3 nitrogen and oxygen atoms in total. The Morgan fingerprint density at radius 2 is 1.84 bits per heavy atom. The van der Waals surface area contributed by atoms with Crippen LogP contribution in [0.5, 0.6) is 11.5 Å². The third kappa shape index (κ3) is 2.69. The van der Waals surface area contributed by atoms with Crippen molar-refractivity contribution in [3.63, 3.8) is 0 Å². The van der Waals surface area contributed by atoms with Crippen LogP contribution in [0.4, 0.5) is 4.39 Å². The topological polar surface area (TPSA) is 46.2 Å². The molecule has 0 aromatic heterocycles. The highest BCUT2D eigenvalue weighted by Gasteiger charge is 2.18. The summed E-state index contributed by atoms with van der Waals surface area (Å²) in [7, 11) is 1.38. The predicted octanol–water partition coefficient (Wildman–Crippen LogP) is 3.86. The standard InChI is InChI=1S/C14H9ClFO3/c1-19-13-7-12(17)10(6-11(13)15)14(18)8-2-4-9(16)5-3-8/h2-7H,1H3. The number of hydrogen-bond acceptors (Lipinski definition) is 2. The van der Waals surface area contributed by atoms with Crippen LogP contribution >= 0.6 is 11.6 Å². The van der Waals surface area contributed by atoms with E-state index in [0.29, 0.717) is 0 Å². The molecule has 0 amide bonds. The molecule has 5 heteroatoms. The van der Waals surface area contributed by atoms with Crippen molar-refractivity contribution in [3.8, 4) is 11.5 Å². The third-order valence-electron chi connectivity index (χ3n) is 2.61. The van der Waals surface area contributed by atoms with Crippen LogP contribution in [0.15, 0.2) is 36.4 Å². The number of carbonyl (C=O) groups is 1. The van der Waals surface area contributed by atoms with Crippen LogP contribution in [0, 0.1) is 5.82 Å². The first-order valence-electron chi connectivity index (χ1n) is 5.37. The number of ether oxygens (including phenoxy) is 1. The van der Waals surface area contributed by atoms with Crippen molar-refractivity contribution >= 4 is 17.4 Å². The fraction of sp³-hybridized carbons (Fsp3) is 0.0714. The highest BCUT2D eigenvalue weighted by molar-refractivity contribution is 6.32. The summed E-state index contributed by atoms with van der Waals surface area (Å²) in [5.41, 5.74) is 0.150. The van der Waals surface area contributed by atoms with Crippen LogP contribution in [0.3, 0.4) is 0 Å². The van der Waals surface area contributed by atoms with Crippen molar-refractivity contribution in [1.29, 1.82) is 0 Å². The quantitative estimate of drug-likeness (QED) is 0.801. The van der Waals surface area contributed by atoms with Crippen LogP contribution in [0.1, 0.15) is 15.9 Å². The van der Waals surface area contributed by atoms with E-state index < -0.39 is 17.3 Å². The second kappa shape index (κ2) is 5.28. The lowest BCUT2D eigenvalue weighted by atomic mass is 10.0. The lowest BCUT2D eigenvalue weighted by Gasteiger charge is -2.07. The first-order chi connectivity index (χ1) is 9.02. The van der Waals surface area contributed by atoms with E-state index in [1.165, 1.54) is 25.3 Å². The van der Waals surface area contributed by atoms with Gasteiger partial charge in [-0.25, -0.2) is 4.39 Å². The highest BCUT2D eigenvalue weighted by atomic mass is 35.5. The Bertz CT molecular complexity index is 623. The molecule has 0 bridgehead atoms.